The molecule has 0 spiro atoms. The van der Waals surface area contributed by atoms with Crippen LogP contribution in [-0.2, 0) is 16.4 Å². The van der Waals surface area contributed by atoms with Gasteiger partial charge in [0.25, 0.3) is 0 Å². The Balaban J connectivity index is 2.03. The van der Waals surface area contributed by atoms with Gasteiger partial charge in [-0.25, -0.2) is 12.8 Å². The smallest absolute Gasteiger partial charge is 0.193 e. The first-order valence-corrected chi connectivity index (χ1v) is 10.1. The van der Waals surface area contributed by atoms with E-state index in [1.165, 1.54) is 12.1 Å². The molecule has 0 aromatic heterocycles. The molecule has 2 rings (SSSR count). The van der Waals surface area contributed by atoms with Gasteiger partial charge in [-0.2, -0.15) is 0 Å². The Morgan fingerprint density at radius 3 is 2.54 bits per heavy atom. The number of hydrogen-bond donors (Lipinski definition) is 1. The number of halogens is 1. The van der Waals surface area contributed by atoms with Crippen molar-refractivity contribution in [3.8, 4) is 0 Å². The van der Waals surface area contributed by atoms with Gasteiger partial charge in [0.05, 0.1) is 17.2 Å². The Morgan fingerprint density at radius 1 is 1.15 bits per heavy atom. The molecule has 26 heavy (non-hydrogen) atoms. The largest absolute Gasteiger partial charge is 0.357 e. The van der Waals surface area contributed by atoms with Gasteiger partial charge in [-0.15, -0.1) is 0 Å². The lowest BCUT2D eigenvalue weighted by atomic mass is 10.2. The van der Waals surface area contributed by atoms with Gasteiger partial charge in [-0.3, -0.25) is 4.99 Å². The average molecular weight is 377 g/mol. The third kappa shape index (κ3) is 5.84. The molecule has 0 bridgehead atoms. The fourth-order valence-corrected chi connectivity index (χ4v) is 3.61. The van der Waals surface area contributed by atoms with E-state index >= 15 is 0 Å². The van der Waals surface area contributed by atoms with Gasteiger partial charge in [0.15, 0.2) is 15.8 Å². The van der Waals surface area contributed by atoms with Crippen LogP contribution in [-0.4, -0.2) is 45.2 Å². The van der Waals surface area contributed by atoms with Crippen LogP contribution in [0.25, 0.3) is 0 Å². The summed E-state index contributed by atoms with van der Waals surface area (Å²) < 4.78 is 38.0. The van der Waals surface area contributed by atoms with E-state index < -0.39 is 9.84 Å². The second kappa shape index (κ2) is 9.33. The monoisotopic (exact) mass is 377 g/mol. The van der Waals surface area contributed by atoms with Crippen LogP contribution >= 0.6 is 0 Å². The van der Waals surface area contributed by atoms with Crippen molar-refractivity contribution in [2.45, 2.75) is 18.4 Å². The molecule has 2 aromatic carbocycles. The molecule has 0 aliphatic rings. The standard InChI is InChI=1S/C19H24FN3O2S/c1-3-21-19(23(2)15-16-8-7-9-17(20)14-16)22-12-13-26(24,25)18-10-5-4-6-11-18/h4-11,14H,3,12-13,15H2,1-2H3,(H,21,22). The summed E-state index contributed by atoms with van der Waals surface area (Å²) in [5, 5.41) is 3.13. The van der Waals surface area contributed by atoms with Crippen LogP contribution in [0.2, 0.25) is 0 Å². The summed E-state index contributed by atoms with van der Waals surface area (Å²) in [7, 11) is -1.53. The highest BCUT2D eigenvalue weighted by molar-refractivity contribution is 7.91. The summed E-state index contributed by atoms with van der Waals surface area (Å²) >= 11 is 0. The molecule has 0 aliphatic carbocycles. The Hall–Kier alpha value is -2.41. The molecule has 0 atom stereocenters. The maximum Gasteiger partial charge on any atom is 0.193 e. The minimum absolute atomic E-state index is 0.0697. The van der Waals surface area contributed by atoms with E-state index in [-0.39, 0.29) is 18.1 Å². The highest BCUT2D eigenvalue weighted by Crippen LogP contribution is 2.10. The second-order valence-electron chi connectivity index (χ2n) is 5.85. The summed E-state index contributed by atoms with van der Waals surface area (Å²) in [6.07, 6.45) is 0. The summed E-state index contributed by atoms with van der Waals surface area (Å²) in [6.45, 7) is 3.20. The van der Waals surface area contributed by atoms with Crippen molar-refractivity contribution in [3.63, 3.8) is 0 Å². The summed E-state index contributed by atoms with van der Waals surface area (Å²) in [5.74, 6) is 0.228. The van der Waals surface area contributed by atoms with Gasteiger partial charge in [0.2, 0.25) is 0 Å². The zero-order valence-corrected chi connectivity index (χ0v) is 15.8. The van der Waals surface area contributed by atoms with E-state index in [0.29, 0.717) is 23.9 Å². The molecule has 0 amide bonds. The van der Waals surface area contributed by atoms with Gasteiger partial charge in [-0.05, 0) is 36.8 Å². The van der Waals surface area contributed by atoms with E-state index in [0.717, 1.165) is 5.56 Å². The van der Waals surface area contributed by atoms with E-state index in [1.54, 1.807) is 36.4 Å². The molecule has 0 aliphatic heterocycles. The number of guanidine groups is 1. The first-order valence-electron chi connectivity index (χ1n) is 8.44. The van der Waals surface area contributed by atoms with E-state index in [4.69, 9.17) is 0 Å². The fourth-order valence-electron chi connectivity index (χ4n) is 2.47. The van der Waals surface area contributed by atoms with E-state index in [9.17, 15) is 12.8 Å². The first-order chi connectivity index (χ1) is 12.4. The van der Waals surface area contributed by atoms with Crippen LogP contribution in [0, 0.1) is 5.82 Å². The molecule has 1 N–H and O–H groups in total. The van der Waals surface area contributed by atoms with Crippen molar-refractivity contribution in [1.82, 2.24) is 10.2 Å². The Labute approximate surface area is 154 Å². The van der Waals surface area contributed by atoms with Gasteiger partial charge in [0.1, 0.15) is 5.82 Å². The van der Waals surface area contributed by atoms with Crippen molar-refractivity contribution in [3.05, 3.63) is 66.0 Å². The molecule has 140 valence electrons. The minimum atomic E-state index is -3.36. The maximum absolute atomic E-state index is 13.3. The van der Waals surface area contributed by atoms with Crippen LogP contribution < -0.4 is 5.32 Å². The van der Waals surface area contributed by atoms with Gasteiger partial charge in [0, 0.05) is 20.1 Å². The lowest BCUT2D eigenvalue weighted by Gasteiger charge is -2.22. The second-order valence-corrected chi connectivity index (χ2v) is 7.96. The lowest BCUT2D eigenvalue weighted by molar-refractivity contribution is 0.475. The van der Waals surface area contributed by atoms with E-state index in [2.05, 4.69) is 10.3 Å². The van der Waals surface area contributed by atoms with Crippen LogP contribution in [0.1, 0.15) is 12.5 Å². The number of hydrogen-bond acceptors (Lipinski definition) is 3. The maximum atomic E-state index is 13.3. The van der Waals surface area contributed by atoms with Gasteiger partial charge >= 0.3 is 0 Å². The number of sulfone groups is 1. The third-order valence-electron chi connectivity index (χ3n) is 3.73. The quantitative estimate of drug-likeness (QED) is 0.595. The molecule has 2 aromatic rings. The molecule has 0 saturated heterocycles. The lowest BCUT2D eigenvalue weighted by Crippen LogP contribution is -2.38. The zero-order chi connectivity index (χ0) is 19.0. The predicted molar refractivity (Wildman–Crippen MR) is 102 cm³/mol. The molecule has 0 saturated carbocycles. The number of rotatable bonds is 7. The minimum Gasteiger partial charge on any atom is -0.357 e. The predicted octanol–water partition coefficient (Wildman–Crippen LogP) is 2.70. The number of nitrogens with zero attached hydrogens (tertiary/aromatic N) is 2. The normalized spacial score (nSPS) is 12.0. The number of aliphatic imine (C=N–C) groups is 1. The number of benzene rings is 2. The van der Waals surface area contributed by atoms with Crippen molar-refractivity contribution in [2.75, 3.05) is 25.9 Å². The summed E-state index contributed by atoms with van der Waals surface area (Å²) in [4.78, 5) is 6.54. The highest BCUT2D eigenvalue weighted by atomic mass is 32.2. The zero-order valence-electron chi connectivity index (χ0n) is 15.0. The Morgan fingerprint density at radius 2 is 1.88 bits per heavy atom. The van der Waals surface area contributed by atoms with Crippen molar-refractivity contribution in [2.24, 2.45) is 4.99 Å². The summed E-state index contributed by atoms with van der Waals surface area (Å²) in [5.41, 5.74) is 0.815. The van der Waals surface area contributed by atoms with Gasteiger partial charge < -0.3 is 10.2 Å². The highest BCUT2D eigenvalue weighted by Gasteiger charge is 2.14. The van der Waals surface area contributed by atoms with Crippen LogP contribution in [0.3, 0.4) is 0 Å². The van der Waals surface area contributed by atoms with Crippen molar-refractivity contribution < 1.29 is 12.8 Å². The summed E-state index contributed by atoms with van der Waals surface area (Å²) in [6, 6.07) is 14.7. The van der Waals surface area contributed by atoms with Crippen molar-refractivity contribution in [1.29, 1.82) is 0 Å². The molecular weight excluding hydrogens is 353 g/mol. The SMILES string of the molecule is CCNC(=NCCS(=O)(=O)c1ccccc1)N(C)Cc1cccc(F)c1. The third-order valence-corrected chi connectivity index (χ3v) is 5.44. The van der Waals surface area contributed by atoms with Crippen LogP contribution in [0.5, 0.6) is 0 Å². The van der Waals surface area contributed by atoms with E-state index in [1.807, 2.05) is 24.9 Å². The molecule has 0 unspecified atom stereocenters. The van der Waals surface area contributed by atoms with Crippen LogP contribution in [0.4, 0.5) is 4.39 Å². The Bertz CT molecular complexity index is 839. The number of nitrogens with one attached hydrogen (secondary N) is 1. The molecule has 0 fully saturated rings. The molecule has 0 heterocycles. The van der Waals surface area contributed by atoms with Crippen LogP contribution in [0.15, 0.2) is 64.5 Å². The fraction of sp³-hybridized carbons (Fsp3) is 0.316. The van der Waals surface area contributed by atoms with Crippen molar-refractivity contribution >= 4 is 15.8 Å². The topological polar surface area (TPSA) is 61.8 Å². The first kappa shape index (κ1) is 19.9. The molecule has 7 heteroatoms. The Kier molecular flexibility index (Phi) is 7.15. The average Bonchev–Trinajstić information content (AvgIpc) is 2.61. The molecule has 5 nitrogen and oxygen atoms in total. The molecule has 0 radical (unpaired) electrons. The molecular formula is C19H24FN3O2S. The van der Waals surface area contributed by atoms with Gasteiger partial charge in [-0.1, -0.05) is 30.3 Å².